The summed E-state index contributed by atoms with van der Waals surface area (Å²) in [6.07, 6.45) is 1.53. The maximum absolute atomic E-state index is 12.1. The summed E-state index contributed by atoms with van der Waals surface area (Å²) < 4.78 is 15.9. The highest BCUT2D eigenvalue weighted by atomic mass is 16.5. The smallest absolute Gasteiger partial charge is 0.338 e. The summed E-state index contributed by atoms with van der Waals surface area (Å²) in [5, 5.41) is 2.70. The van der Waals surface area contributed by atoms with E-state index in [-0.39, 0.29) is 12.6 Å². The van der Waals surface area contributed by atoms with E-state index >= 15 is 0 Å². The maximum Gasteiger partial charge on any atom is 0.338 e. The lowest BCUT2D eigenvalue weighted by Gasteiger charge is -2.11. The van der Waals surface area contributed by atoms with Crippen molar-refractivity contribution < 1.29 is 23.5 Å². The summed E-state index contributed by atoms with van der Waals surface area (Å²) in [5.41, 5.74) is 1.40. The fourth-order valence-corrected chi connectivity index (χ4v) is 2.53. The lowest BCUT2D eigenvalue weighted by atomic mass is 10.2. The van der Waals surface area contributed by atoms with Gasteiger partial charge < -0.3 is 19.2 Å². The highest BCUT2D eigenvalue weighted by molar-refractivity contribution is 5.91. The molecule has 0 fully saturated rings. The molecule has 3 rings (SSSR count). The first-order chi connectivity index (χ1) is 13.6. The molecule has 0 saturated carbocycles. The Hall–Kier alpha value is -3.54. The summed E-state index contributed by atoms with van der Waals surface area (Å²) in [7, 11) is 0. The van der Waals surface area contributed by atoms with Crippen LogP contribution in [0.5, 0.6) is 5.75 Å². The standard InChI is InChI=1S/C22H21NO5/c1-16(20-8-5-13-26-20)23-21(24)15-28-22(25)18-9-11-19(12-10-18)27-14-17-6-3-2-4-7-17/h2-13,16H,14-15H2,1H3,(H,23,24)/t16-/m0/s1. The van der Waals surface area contributed by atoms with E-state index in [1.165, 1.54) is 6.26 Å². The van der Waals surface area contributed by atoms with Crippen molar-refractivity contribution in [3.05, 3.63) is 89.9 Å². The molecule has 0 aliphatic carbocycles. The van der Waals surface area contributed by atoms with Crippen LogP contribution in [0.25, 0.3) is 0 Å². The molecule has 1 heterocycles. The molecule has 28 heavy (non-hydrogen) atoms. The summed E-state index contributed by atoms with van der Waals surface area (Å²) in [6.45, 7) is 1.86. The SMILES string of the molecule is C[C@H](NC(=O)COC(=O)c1ccc(OCc2ccccc2)cc1)c1ccco1. The van der Waals surface area contributed by atoms with Crippen molar-refractivity contribution in [2.75, 3.05) is 6.61 Å². The Labute approximate surface area is 163 Å². The van der Waals surface area contributed by atoms with Crippen LogP contribution in [-0.2, 0) is 16.1 Å². The molecule has 0 saturated heterocycles. The Morgan fingerprint density at radius 2 is 1.75 bits per heavy atom. The third-order valence-corrected chi connectivity index (χ3v) is 4.02. The molecule has 2 aromatic carbocycles. The van der Waals surface area contributed by atoms with Crippen LogP contribution in [0, 0.1) is 0 Å². The number of nitrogens with one attached hydrogen (secondary N) is 1. The van der Waals surface area contributed by atoms with Gasteiger partial charge in [-0.05, 0) is 48.9 Å². The van der Waals surface area contributed by atoms with Gasteiger partial charge in [0.25, 0.3) is 5.91 Å². The maximum atomic E-state index is 12.1. The van der Waals surface area contributed by atoms with Crippen molar-refractivity contribution in [2.24, 2.45) is 0 Å². The normalized spacial score (nSPS) is 11.5. The van der Waals surface area contributed by atoms with E-state index in [4.69, 9.17) is 13.9 Å². The number of hydrogen-bond donors (Lipinski definition) is 1. The Balaban J connectivity index is 1.44. The first kappa shape index (κ1) is 19.2. The predicted molar refractivity (Wildman–Crippen MR) is 103 cm³/mol. The van der Waals surface area contributed by atoms with Crippen molar-refractivity contribution in [3.8, 4) is 5.75 Å². The number of carbonyl (C=O) groups is 2. The van der Waals surface area contributed by atoms with Crippen LogP contribution in [0.1, 0.15) is 34.6 Å². The van der Waals surface area contributed by atoms with Crippen LogP contribution in [0.4, 0.5) is 0 Å². The fourth-order valence-electron chi connectivity index (χ4n) is 2.53. The monoisotopic (exact) mass is 379 g/mol. The van der Waals surface area contributed by atoms with Gasteiger partial charge >= 0.3 is 5.97 Å². The van der Waals surface area contributed by atoms with E-state index < -0.39 is 11.9 Å². The Morgan fingerprint density at radius 1 is 1.00 bits per heavy atom. The topological polar surface area (TPSA) is 77.8 Å². The zero-order chi connectivity index (χ0) is 19.8. The van der Waals surface area contributed by atoms with E-state index in [0.717, 1.165) is 5.56 Å². The zero-order valence-corrected chi connectivity index (χ0v) is 15.5. The molecular weight excluding hydrogens is 358 g/mol. The minimum absolute atomic E-state index is 0.303. The molecule has 0 bridgehead atoms. The Bertz CT molecular complexity index is 888. The van der Waals surface area contributed by atoms with Gasteiger partial charge in [0.15, 0.2) is 6.61 Å². The van der Waals surface area contributed by atoms with Crippen LogP contribution < -0.4 is 10.1 Å². The second-order valence-corrected chi connectivity index (χ2v) is 6.18. The highest BCUT2D eigenvalue weighted by Crippen LogP contribution is 2.15. The van der Waals surface area contributed by atoms with E-state index in [1.807, 2.05) is 30.3 Å². The van der Waals surface area contributed by atoms with Gasteiger partial charge in [-0.15, -0.1) is 0 Å². The number of hydrogen-bond acceptors (Lipinski definition) is 5. The van der Waals surface area contributed by atoms with E-state index in [2.05, 4.69) is 5.32 Å². The largest absolute Gasteiger partial charge is 0.489 e. The average Bonchev–Trinajstić information content (AvgIpc) is 3.27. The van der Waals surface area contributed by atoms with Crippen LogP contribution >= 0.6 is 0 Å². The van der Waals surface area contributed by atoms with Gasteiger partial charge in [-0.2, -0.15) is 0 Å². The molecule has 3 aromatic rings. The van der Waals surface area contributed by atoms with Gasteiger partial charge in [0, 0.05) is 0 Å². The molecule has 1 aromatic heterocycles. The van der Waals surface area contributed by atoms with Gasteiger partial charge in [-0.25, -0.2) is 4.79 Å². The van der Waals surface area contributed by atoms with Crippen molar-refractivity contribution in [3.63, 3.8) is 0 Å². The van der Waals surface area contributed by atoms with Gasteiger partial charge in [0.1, 0.15) is 18.1 Å². The summed E-state index contributed by atoms with van der Waals surface area (Å²) in [6, 6.07) is 19.6. The molecule has 1 N–H and O–H groups in total. The van der Waals surface area contributed by atoms with Gasteiger partial charge in [-0.3, -0.25) is 4.79 Å². The quantitative estimate of drug-likeness (QED) is 0.601. The van der Waals surface area contributed by atoms with E-state index in [9.17, 15) is 9.59 Å². The molecule has 6 nitrogen and oxygen atoms in total. The summed E-state index contributed by atoms with van der Waals surface area (Å²) in [4.78, 5) is 24.0. The zero-order valence-electron chi connectivity index (χ0n) is 15.5. The molecular formula is C22H21NO5. The molecule has 6 heteroatoms. The van der Waals surface area contributed by atoms with Crippen molar-refractivity contribution in [1.29, 1.82) is 0 Å². The van der Waals surface area contributed by atoms with Crippen LogP contribution in [0.2, 0.25) is 0 Å². The number of benzene rings is 2. The van der Waals surface area contributed by atoms with E-state index in [1.54, 1.807) is 43.3 Å². The molecule has 0 spiro atoms. The molecule has 0 aliphatic heterocycles. The van der Waals surface area contributed by atoms with Gasteiger partial charge in [0.05, 0.1) is 17.9 Å². The number of furan rings is 1. The third-order valence-electron chi connectivity index (χ3n) is 4.02. The molecule has 0 radical (unpaired) electrons. The third kappa shape index (κ3) is 5.48. The molecule has 0 unspecified atom stereocenters. The number of ether oxygens (including phenoxy) is 2. The number of rotatable bonds is 8. The first-order valence-corrected chi connectivity index (χ1v) is 8.88. The number of carbonyl (C=O) groups excluding carboxylic acids is 2. The van der Waals surface area contributed by atoms with Gasteiger partial charge in [0.2, 0.25) is 0 Å². The van der Waals surface area contributed by atoms with Crippen LogP contribution in [-0.4, -0.2) is 18.5 Å². The minimum atomic E-state index is -0.574. The Kier molecular flexibility index (Phi) is 6.46. The lowest BCUT2D eigenvalue weighted by molar-refractivity contribution is -0.125. The predicted octanol–water partition coefficient (Wildman–Crippen LogP) is 3.89. The number of amides is 1. The van der Waals surface area contributed by atoms with Crippen LogP contribution in [0.15, 0.2) is 77.4 Å². The number of esters is 1. The summed E-state index contributed by atoms with van der Waals surface area (Å²) in [5.74, 6) is 0.298. The fraction of sp³-hybridized carbons (Fsp3) is 0.182. The second-order valence-electron chi connectivity index (χ2n) is 6.18. The van der Waals surface area contributed by atoms with Crippen LogP contribution in [0.3, 0.4) is 0 Å². The van der Waals surface area contributed by atoms with Gasteiger partial charge in [-0.1, -0.05) is 30.3 Å². The summed E-state index contributed by atoms with van der Waals surface area (Å²) >= 11 is 0. The molecule has 1 atom stereocenters. The molecule has 1 amide bonds. The van der Waals surface area contributed by atoms with Crippen molar-refractivity contribution >= 4 is 11.9 Å². The highest BCUT2D eigenvalue weighted by Gasteiger charge is 2.14. The molecule has 144 valence electrons. The second kappa shape index (κ2) is 9.41. The van der Waals surface area contributed by atoms with E-state index in [0.29, 0.717) is 23.7 Å². The molecule has 0 aliphatic rings. The minimum Gasteiger partial charge on any atom is -0.489 e. The first-order valence-electron chi connectivity index (χ1n) is 8.88. The lowest BCUT2D eigenvalue weighted by Crippen LogP contribution is -2.30. The Morgan fingerprint density at radius 3 is 2.43 bits per heavy atom. The average molecular weight is 379 g/mol. The van der Waals surface area contributed by atoms with Crippen molar-refractivity contribution in [2.45, 2.75) is 19.6 Å². The van der Waals surface area contributed by atoms with Crippen molar-refractivity contribution in [1.82, 2.24) is 5.32 Å².